The summed E-state index contributed by atoms with van der Waals surface area (Å²) in [6, 6.07) is 3.04. The second-order valence-electron chi connectivity index (χ2n) is 5.01. The van der Waals surface area contributed by atoms with Gasteiger partial charge in [-0.2, -0.15) is 0 Å². The molecule has 0 radical (unpaired) electrons. The SMILES string of the molecule is O=C1C=C(S(=O)(=O)[O-])C=C2C(=O)c3cc(S(=O)(=O)[O-])ccc3C=C12.[Na+].[Na+]. The van der Waals surface area contributed by atoms with Gasteiger partial charge in [-0.3, -0.25) is 9.59 Å². The standard InChI is InChI=1S/C14H8O8S2.2Na/c15-13-6-9(24(20,21)22)5-12-11(13)3-7-1-2-8(23(17,18)19)4-10(7)14(12)16;;/h1-6H,(H,17,18,19)(H,20,21,22);;/q;2*+1/p-2. The third kappa shape index (κ3) is 4.36. The summed E-state index contributed by atoms with van der Waals surface area (Å²) in [6.07, 6.45) is 2.64. The molecule has 12 heteroatoms. The molecule has 0 saturated carbocycles. The van der Waals surface area contributed by atoms with Gasteiger partial charge < -0.3 is 9.11 Å². The van der Waals surface area contributed by atoms with Crippen molar-refractivity contribution in [2.24, 2.45) is 0 Å². The minimum absolute atomic E-state index is 0. The number of rotatable bonds is 2. The Balaban J connectivity index is 0.00000169. The molecule has 0 unspecified atom stereocenters. The molecule has 3 rings (SSSR count). The van der Waals surface area contributed by atoms with E-state index in [2.05, 4.69) is 0 Å². The molecule has 0 atom stereocenters. The monoisotopic (exact) mass is 412 g/mol. The number of fused-ring (bicyclic) bond motifs is 2. The summed E-state index contributed by atoms with van der Waals surface area (Å²) in [5, 5.41) is 0. The van der Waals surface area contributed by atoms with Crippen molar-refractivity contribution in [1.82, 2.24) is 0 Å². The zero-order chi connectivity index (χ0) is 17.9. The molecule has 0 heterocycles. The molecule has 2 aliphatic carbocycles. The van der Waals surface area contributed by atoms with Crippen molar-refractivity contribution in [3.8, 4) is 0 Å². The van der Waals surface area contributed by atoms with E-state index in [9.17, 15) is 35.5 Å². The van der Waals surface area contributed by atoms with Gasteiger partial charge in [0.25, 0.3) is 0 Å². The van der Waals surface area contributed by atoms with E-state index < -0.39 is 41.6 Å². The molecular formula is C14H6Na2O8S2. The van der Waals surface area contributed by atoms with E-state index in [1.165, 1.54) is 12.1 Å². The molecule has 0 N–H and O–H groups in total. The fraction of sp³-hybridized carbons (Fsp3) is 0. The van der Waals surface area contributed by atoms with Crippen molar-refractivity contribution in [3.63, 3.8) is 0 Å². The Morgan fingerprint density at radius 1 is 0.769 bits per heavy atom. The molecule has 0 bridgehead atoms. The van der Waals surface area contributed by atoms with Gasteiger partial charge in [0, 0.05) is 22.8 Å². The average Bonchev–Trinajstić information content (AvgIpc) is 2.46. The van der Waals surface area contributed by atoms with Gasteiger partial charge in [0.2, 0.25) is 0 Å². The van der Waals surface area contributed by atoms with Crippen molar-refractivity contribution in [2.45, 2.75) is 4.90 Å². The largest absolute Gasteiger partial charge is 1.00 e. The van der Waals surface area contributed by atoms with Crippen LogP contribution in [0.2, 0.25) is 0 Å². The van der Waals surface area contributed by atoms with Crippen molar-refractivity contribution in [3.05, 3.63) is 57.5 Å². The predicted molar refractivity (Wildman–Crippen MR) is 77.6 cm³/mol. The van der Waals surface area contributed by atoms with Crippen molar-refractivity contribution >= 4 is 37.9 Å². The summed E-state index contributed by atoms with van der Waals surface area (Å²) in [5.41, 5.74) is -0.434. The van der Waals surface area contributed by atoms with Crippen LogP contribution in [-0.2, 0) is 25.0 Å². The van der Waals surface area contributed by atoms with Gasteiger partial charge in [0.05, 0.1) is 9.80 Å². The van der Waals surface area contributed by atoms with Crippen LogP contribution in [0.25, 0.3) is 6.08 Å². The second-order valence-corrected chi connectivity index (χ2v) is 7.77. The first-order valence-electron chi connectivity index (χ1n) is 6.29. The number of allylic oxidation sites excluding steroid dienone is 4. The molecule has 2 aliphatic rings. The smallest absolute Gasteiger partial charge is 0.744 e. The number of carbonyl (C=O) groups excluding carboxylic acids is 2. The molecule has 124 valence electrons. The quantitative estimate of drug-likeness (QED) is 0.344. The summed E-state index contributed by atoms with van der Waals surface area (Å²) in [7, 11) is -9.75. The zero-order valence-electron chi connectivity index (χ0n) is 13.5. The van der Waals surface area contributed by atoms with Crippen LogP contribution in [0.3, 0.4) is 0 Å². The normalized spacial score (nSPS) is 16.2. The Morgan fingerprint density at radius 3 is 1.92 bits per heavy atom. The number of hydrogen-bond donors (Lipinski definition) is 0. The van der Waals surface area contributed by atoms with Gasteiger partial charge in [-0.15, -0.1) is 0 Å². The van der Waals surface area contributed by atoms with Crippen molar-refractivity contribution < 1.29 is 94.6 Å². The third-order valence-corrected chi connectivity index (χ3v) is 5.15. The van der Waals surface area contributed by atoms with Crippen LogP contribution >= 0.6 is 0 Å². The summed E-state index contributed by atoms with van der Waals surface area (Å²) < 4.78 is 66.4. The van der Waals surface area contributed by atoms with Crippen molar-refractivity contribution in [1.29, 1.82) is 0 Å². The fourth-order valence-electron chi connectivity index (χ4n) is 2.40. The summed E-state index contributed by atoms with van der Waals surface area (Å²) in [5.74, 6) is -1.68. The first-order valence-corrected chi connectivity index (χ1v) is 9.10. The van der Waals surface area contributed by atoms with E-state index in [-0.39, 0.29) is 81.4 Å². The number of benzene rings is 1. The molecule has 0 aromatic heterocycles. The van der Waals surface area contributed by atoms with Gasteiger partial charge in [-0.1, -0.05) is 6.07 Å². The van der Waals surface area contributed by atoms with Crippen LogP contribution in [0.15, 0.2) is 51.3 Å². The van der Waals surface area contributed by atoms with E-state index in [0.29, 0.717) is 6.08 Å². The number of carbonyl (C=O) groups is 2. The van der Waals surface area contributed by atoms with E-state index in [4.69, 9.17) is 0 Å². The average molecular weight is 412 g/mol. The maximum absolute atomic E-state index is 12.5. The van der Waals surface area contributed by atoms with E-state index in [0.717, 1.165) is 18.2 Å². The second kappa shape index (κ2) is 7.92. The Morgan fingerprint density at radius 2 is 1.38 bits per heavy atom. The molecule has 0 aliphatic heterocycles. The number of ketones is 2. The maximum atomic E-state index is 12.5. The molecule has 1 aromatic rings. The molecule has 1 aromatic carbocycles. The Bertz CT molecular complexity index is 1130. The number of hydrogen-bond acceptors (Lipinski definition) is 8. The third-order valence-electron chi connectivity index (χ3n) is 3.51. The summed E-state index contributed by atoms with van der Waals surface area (Å²) in [4.78, 5) is 23.0. The fourth-order valence-corrected chi connectivity index (χ4v) is 3.41. The molecular weight excluding hydrogens is 406 g/mol. The minimum atomic E-state index is -4.95. The summed E-state index contributed by atoms with van der Waals surface area (Å²) in [6.45, 7) is 0. The van der Waals surface area contributed by atoms with Crippen LogP contribution < -0.4 is 59.1 Å². The summed E-state index contributed by atoms with van der Waals surface area (Å²) >= 11 is 0. The predicted octanol–water partition coefficient (Wildman–Crippen LogP) is -5.88. The molecule has 26 heavy (non-hydrogen) atoms. The van der Waals surface area contributed by atoms with Crippen LogP contribution in [-0.4, -0.2) is 37.5 Å². The van der Waals surface area contributed by atoms with Gasteiger partial charge in [-0.25, -0.2) is 16.8 Å². The number of Topliss-reactive ketones (excluding diaryl/α,β-unsaturated/α-hetero) is 1. The Labute approximate surface area is 193 Å². The van der Waals surface area contributed by atoms with E-state index in [1.807, 2.05) is 0 Å². The molecule has 0 amide bonds. The maximum Gasteiger partial charge on any atom is 1.00 e. The van der Waals surface area contributed by atoms with Gasteiger partial charge in [-0.05, 0) is 29.8 Å². The molecule has 0 fully saturated rings. The van der Waals surface area contributed by atoms with Crippen LogP contribution in [0, 0.1) is 0 Å². The first-order chi connectivity index (χ1) is 11.0. The van der Waals surface area contributed by atoms with Crippen LogP contribution in [0.5, 0.6) is 0 Å². The van der Waals surface area contributed by atoms with Gasteiger partial charge >= 0.3 is 59.1 Å². The van der Waals surface area contributed by atoms with E-state index >= 15 is 0 Å². The minimum Gasteiger partial charge on any atom is -0.744 e. The Kier molecular flexibility index (Phi) is 7.20. The van der Waals surface area contributed by atoms with Gasteiger partial charge in [0.1, 0.15) is 20.2 Å². The first kappa shape index (κ1) is 23.6. The van der Waals surface area contributed by atoms with E-state index in [1.54, 1.807) is 0 Å². The topological polar surface area (TPSA) is 149 Å². The van der Waals surface area contributed by atoms with Gasteiger partial charge in [0.15, 0.2) is 11.6 Å². The van der Waals surface area contributed by atoms with Crippen LogP contribution in [0.1, 0.15) is 15.9 Å². The van der Waals surface area contributed by atoms with Crippen molar-refractivity contribution in [2.75, 3.05) is 0 Å². The zero-order valence-corrected chi connectivity index (χ0v) is 19.2. The molecule has 0 spiro atoms. The van der Waals surface area contributed by atoms with Crippen LogP contribution in [0.4, 0.5) is 0 Å². The molecule has 8 nitrogen and oxygen atoms in total. The molecule has 0 saturated heterocycles. The Hall–Kier alpha value is -0.400.